The molecule has 21 aromatic carbocycles. The largest absolute Gasteiger partial charge is 0.494 e. The van der Waals surface area contributed by atoms with Gasteiger partial charge in [-0.2, -0.15) is 0 Å². The Morgan fingerprint density at radius 3 is 0.920 bits per heavy atom. The van der Waals surface area contributed by atoms with Crippen molar-refractivity contribution in [2.75, 3.05) is 42.4 Å². The smallest absolute Gasteiger partial charge is 0.121 e. The first-order valence-electron chi connectivity index (χ1n) is 54.8. The molecule has 0 N–H and O–H groups in total. The standard InChI is InChI=1S/C57H47N.C48H45N.C41H43NO/c1-39-19-22-42(23-20-39)48-29-33-52-54(37-48)56(45-14-5-3-6-15-45)53-34-30-49(38-55(53)57(52)46-16-7-4-8-17-46)44-27-31-50(32-28-44)58(2)51-18-10-13-40(36-51)11-9-12-41-21-24-43-25-26-47(43)35-41;1-34-9-14-37(15-10-34)41-23-29-47-43(32-41)19-20-44-33-42(24-30-48(44)47)39-21-27-46(28-22-39)49(2)45-25-12-35(13-26-45)7-5-3-4-6-8-36-11-16-38-17-18-40(38)31-36;1-29-12-15-34(16-13-29)40-25-31(3)41(26-30(40)2)35-20-22-37(23-21-35)42(4)38-10-8-11-39(28-38)43-24-7-5-6-9-32-14-17-33-18-19-36(33)27-32/h3-8,10,13-24,27-38H,9,11-12,25-26H2,1-2H3;9-16,19-33H,3-8,17-18H2,1-2H3;8,10-17,20-23,25-28H,5-7,9,18-19,24H2,1-4H3. The minimum absolute atomic E-state index is 0.757. The molecule has 0 aromatic heterocycles. The number of aryl methyl sites for hydroxylation is 16. The first-order chi connectivity index (χ1) is 73.6. The van der Waals surface area contributed by atoms with Gasteiger partial charge in [0.25, 0.3) is 0 Å². The molecule has 0 heterocycles. The van der Waals surface area contributed by atoms with Gasteiger partial charge in [-0.1, -0.05) is 357 Å². The zero-order chi connectivity index (χ0) is 102. The van der Waals surface area contributed by atoms with E-state index in [4.69, 9.17) is 4.74 Å². The molecule has 0 saturated heterocycles. The fourth-order valence-electron chi connectivity index (χ4n) is 22.7. The summed E-state index contributed by atoms with van der Waals surface area (Å²) in [7, 11) is 6.46. The van der Waals surface area contributed by atoms with E-state index in [0.717, 1.165) is 55.8 Å². The predicted molar refractivity (Wildman–Crippen MR) is 643 cm³/mol. The lowest BCUT2D eigenvalue weighted by atomic mass is 9.84. The zero-order valence-corrected chi connectivity index (χ0v) is 88.4. The van der Waals surface area contributed by atoms with Gasteiger partial charge in [0.05, 0.1) is 6.61 Å². The van der Waals surface area contributed by atoms with Crippen molar-refractivity contribution in [1.29, 1.82) is 0 Å². The number of anilines is 6. The fraction of sp³-hybridized carbons (Fsp3) is 0.192. The van der Waals surface area contributed by atoms with Crippen LogP contribution in [0.5, 0.6) is 5.75 Å². The minimum atomic E-state index is 0.757. The van der Waals surface area contributed by atoms with Gasteiger partial charge in [0, 0.05) is 61.3 Å². The Balaban J connectivity index is 0.000000129. The van der Waals surface area contributed by atoms with E-state index in [2.05, 4.69) is 501 Å². The maximum atomic E-state index is 6.15. The van der Waals surface area contributed by atoms with E-state index in [1.165, 1.54) is 300 Å². The van der Waals surface area contributed by atoms with Gasteiger partial charge < -0.3 is 19.4 Å². The number of hydrogen-bond acceptors (Lipinski definition) is 4. The van der Waals surface area contributed by atoms with E-state index in [9.17, 15) is 0 Å². The molecule has 4 nitrogen and oxygen atoms in total. The topological polar surface area (TPSA) is 19.0 Å². The van der Waals surface area contributed by atoms with E-state index >= 15 is 0 Å². The quantitative estimate of drug-likeness (QED) is 0.0238. The Labute approximate surface area is 889 Å². The van der Waals surface area contributed by atoms with Crippen LogP contribution in [0.3, 0.4) is 0 Å². The van der Waals surface area contributed by atoms with Gasteiger partial charge in [-0.3, -0.25) is 0 Å². The van der Waals surface area contributed by atoms with Crippen molar-refractivity contribution in [2.24, 2.45) is 0 Å². The molecule has 0 amide bonds. The summed E-state index contributed by atoms with van der Waals surface area (Å²) in [6, 6.07) is 160. The number of unbranched alkanes of at least 4 members (excludes halogenated alkanes) is 5. The van der Waals surface area contributed by atoms with E-state index < -0.39 is 0 Å². The van der Waals surface area contributed by atoms with Gasteiger partial charge >= 0.3 is 0 Å². The summed E-state index contributed by atoms with van der Waals surface area (Å²) < 4.78 is 6.15. The number of fused-ring (bicyclic) bond motifs is 8. The van der Waals surface area contributed by atoms with Crippen LogP contribution < -0.4 is 19.4 Å². The van der Waals surface area contributed by atoms with Crippen LogP contribution in [0.1, 0.15) is 140 Å². The molecule has 21 aromatic rings. The highest BCUT2D eigenvalue weighted by Gasteiger charge is 2.23. The summed E-state index contributed by atoms with van der Waals surface area (Å²) in [5.74, 6) is 0.933. The van der Waals surface area contributed by atoms with Crippen LogP contribution in [0.4, 0.5) is 34.1 Å². The summed E-state index contributed by atoms with van der Waals surface area (Å²) >= 11 is 0. The van der Waals surface area contributed by atoms with Crippen molar-refractivity contribution in [1.82, 2.24) is 0 Å². The third kappa shape index (κ3) is 22.5. The summed E-state index contributed by atoms with van der Waals surface area (Å²) in [4.78, 5) is 6.81. The van der Waals surface area contributed by atoms with E-state index in [-0.39, 0.29) is 0 Å². The van der Waals surface area contributed by atoms with Crippen molar-refractivity contribution in [3.63, 3.8) is 0 Å². The first kappa shape index (κ1) is 98.5. The highest BCUT2D eigenvalue weighted by atomic mass is 16.5. The van der Waals surface area contributed by atoms with Crippen molar-refractivity contribution < 1.29 is 4.74 Å². The maximum Gasteiger partial charge on any atom is 0.121 e. The fourth-order valence-corrected chi connectivity index (χ4v) is 22.7. The molecule has 0 unspecified atom stereocenters. The van der Waals surface area contributed by atoms with Crippen molar-refractivity contribution in [3.8, 4) is 94.8 Å². The molecule has 3 aliphatic rings. The maximum absolute atomic E-state index is 6.15. The van der Waals surface area contributed by atoms with Gasteiger partial charge in [0.1, 0.15) is 5.75 Å². The lowest BCUT2D eigenvalue weighted by molar-refractivity contribution is 0.305. The van der Waals surface area contributed by atoms with Gasteiger partial charge in [0.2, 0.25) is 0 Å². The Bertz CT molecular complexity index is 8370. The van der Waals surface area contributed by atoms with E-state index in [1.807, 2.05) is 0 Å². The molecule has 3 aliphatic carbocycles. The number of ether oxygens (including phenoxy) is 1. The van der Waals surface area contributed by atoms with Crippen LogP contribution >= 0.6 is 0 Å². The third-order valence-corrected chi connectivity index (χ3v) is 32.1. The van der Waals surface area contributed by atoms with Gasteiger partial charge in [-0.05, 0) is 445 Å². The van der Waals surface area contributed by atoms with E-state index in [1.54, 1.807) is 33.4 Å². The lowest BCUT2D eigenvalue weighted by Crippen LogP contribution is -2.09. The third-order valence-electron chi connectivity index (χ3n) is 32.1. The molecule has 0 saturated carbocycles. The second kappa shape index (κ2) is 45.3. The molecule has 4 heteroatoms. The molecule has 0 bridgehead atoms. The summed E-state index contributed by atoms with van der Waals surface area (Å²) in [6.45, 7) is 11.6. The number of rotatable bonds is 32. The molecule has 0 atom stereocenters. The Kier molecular flexibility index (Phi) is 29.7. The van der Waals surface area contributed by atoms with Crippen LogP contribution in [0.15, 0.2) is 431 Å². The average Bonchev–Trinajstić information content (AvgIpc) is 0.722. The molecule has 0 aliphatic heterocycles. The molecule has 150 heavy (non-hydrogen) atoms. The van der Waals surface area contributed by atoms with E-state index in [0.29, 0.717) is 0 Å². The van der Waals surface area contributed by atoms with Crippen LogP contribution in [0.2, 0.25) is 0 Å². The molecule has 0 radical (unpaired) electrons. The molecular weight excluding hydrogens is 1810 g/mol. The van der Waals surface area contributed by atoms with Crippen LogP contribution in [-0.4, -0.2) is 27.7 Å². The molecule has 740 valence electrons. The monoisotopic (exact) mass is 1950 g/mol. The van der Waals surface area contributed by atoms with Gasteiger partial charge in [-0.25, -0.2) is 0 Å². The Morgan fingerprint density at radius 2 is 0.513 bits per heavy atom. The second-order valence-corrected chi connectivity index (χ2v) is 42.4. The van der Waals surface area contributed by atoms with Crippen LogP contribution in [0, 0.1) is 34.6 Å². The minimum Gasteiger partial charge on any atom is -0.494 e. The highest BCUT2D eigenvalue weighted by Crippen LogP contribution is 2.48. The van der Waals surface area contributed by atoms with Gasteiger partial charge in [-0.15, -0.1) is 0 Å². The molecule has 0 spiro atoms. The molecular formula is C146H135N3O. The van der Waals surface area contributed by atoms with Crippen LogP contribution in [-0.2, 0) is 70.6 Å². The molecule has 0 fully saturated rings. The SMILES string of the molecule is Cc1ccc(-c2cc(C)c(-c3ccc(N(C)c4cccc(OCCCCCc5ccc6c(c5)CC6)c4)cc3)cc2C)cc1.Cc1ccc(-c2ccc3c(-c4ccccc4)c4cc(-c5ccc(N(C)c6cccc(CCCc7ccc8c(c7)CC8)c6)cc5)ccc4c(-c4ccccc4)c3c2)cc1.Cc1ccc(-c2ccc3c(ccc4cc(-c5ccc(N(C)c6ccc(CCCCCCc7ccc8c(c7)CC8)cc6)cc5)ccc43)c2)cc1. The summed E-state index contributed by atoms with van der Waals surface area (Å²) in [6.07, 6.45) is 23.2. The predicted octanol–water partition coefficient (Wildman–Crippen LogP) is 38.5. The Morgan fingerprint density at radius 1 is 0.193 bits per heavy atom. The number of hydrogen-bond donors (Lipinski definition) is 0. The number of benzene rings is 21. The lowest BCUT2D eigenvalue weighted by Gasteiger charge is -2.21. The van der Waals surface area contributed by atoms with Crippen LogP contribution in [0.25, 0.3) is 132 Å². The van der Waals surface area contributed by atoms with Crippen molar-refractivity contribution in [3.05, 3.63) is 520 Å². The first-order valence-corrected chi connectivity index (χ1v) is 54.8. The second-order valence-electron chi connectivity index (χ2n) is 42.4. The zero-order valence-electron chi connectivity index (χ0n) is 88.4. The summed E-state index contributed by atoms with van der Waals surface area (Å²) in [5, 5.41) is 10.2. The van der Waals surface area contributed by atoms with Gasteiger partial charge in [0.15, 0.2) is 0 Å². The van der Waals surface area contributed by atoms with Crippen molar-refractivity contribution >= 4 is 77.2 Å². The summed E-state index contributed by atoms with van der Waals surface area (Å²) in [5.41, 5.74) is 50.2. The number of nitrogens with zero attached hydrogens (tertiary/aromatic N) is 3. The Hall–Kier alpha value is -16.1. The van der Waals surface area contributed by atoms with Crippen molar-refractivity contribution in [2.45, 2.75) is 157 Å². The molecule has 24 rings (SSSR count). The highest BCUT2D eigenvalue weighted by molar-refractivity contribution is 6.23. The average molecular weight is 1950 g/mol. The normalized spacial score (nSPS) is 12.1.